The molecule has 3 nitrogen and oxygen atoms in total. The quantitative estimate of drug-likeness (QED) is 0.651. The van der Waals surface area contributed by atoms with Crippen LogP contribution in [0.4, 0.5) is 0 Å². The molecule has 0 aliphatic heterocycles. The lowest BCUT2D eigenvalue weighted by atomic mass is 9.99. The molecule has 0 aliphatic rings. The van der Waals surface area contributed by atoms with E-state index in [9.17, 15) is 4.79 Å². The summed E-state index contributed by atoms with van der Waals surface area (Å²) in [6, 6.07) is 0. The number of aliphatic hydroxyl groups excluding tert-OH is 1. The van der Waals surface area contributed by atoms with Gasteiger partial charge >= 0.3 is 0 Å². The van der Waals surface area contributed by atoms with Crippen LogP contribution < -0.4 is 5.32 Å². The van der Waals surface area contributed by atoms with Gasteiger partial charge in [-0.05, 0) is 19.3 Å². The Kier molecular flexibility index (Phi) is 8.38. The maximum absolute atomic E-state index is 11.3. The third-order valence-corrected chi connectivity index (χ3v) is 2.61. The van der Waals surface area contributed by atoms with Gasteiger partial charge in [-0.15, -0.1) is 0 Å². The van der Waals surface area contributed by atoms with E-state index in [0.29, 0.717) is 5.92 Å². The Morgan fingerprint density at radius 1 is 1.40 bits per heavy atom. The Morgan fingerprint density at radius 3 is 2.53 bits per heavy atom. The second kappa shape index (κ2) is 8.72. The average molecular weight is 215 g/mol. The molecule has 90 valence electrons. The lowest BCUT2D eigenvalue weighted by Gasteiger charge is -2.15. The van der Waals surface area contributed by atoms with Gasteiger partial charge in [0.1, 0.15) is 0 Å². The van der Waals surface area contributed by atoms with Gasteiger partial charge in [-0.2, -0.15) is 0 Å². The molecular formula is C12H25NO2. The summed E-state index contributed by atoms with van der Waals surface area (Å²) in [5, 5.41) is 11.9. The van der Waals surface area contributed by atoms with Crippen molar-refractivity contribution in [1.82, 2.24) is 5.32 Å². The van der Waals surface area contributed by atoms with Gasteiger partial charge in [0.2, 0.25) is 5.91 Å². The van der Waals surface area contributed by atoms with Gasteiger partial charge in [0, 0.05) is 6.54 Å². The molecule has 0 heterocycles. The Morgan fingerprint density at radius 2 is 2.07 bits per heavy atom. The van der Waals surface area contributed by atoms with Crippen LogP contribution in [0.3, 0.4) is 0 Å². The van der Waals surface area contributed by atoms with Crippen LogP contribution >= 0.6 is 0 Å². The fraction of sp³-hybridized carbons (Fsp3) is 0.917. The van der Waals surface area contributed by atoms with Gasteiger partial charge in [0.15, 0.2) is 0 Å². The van der Waals surface area contributed by atoms with Gasteiger partial charge in [0.05, 0.1) is 12.5 Å². The van der Waals surface area contributed by atoms with Crippen molar-refractivity contribution in [3.05, 3.63) is 0 Å². The van der Waals surface area contributed by atoms with E-state index >= 15 is 0 Å². The number of hydrogen-bond acceptors (Lipinski definition) is 2. The smallest absolute Gasteiger partial charge is 0.222 e. The Bertz CT molecular complexity index is 169. The SMILES string of the molecule is CCCCC(CC)CNC(=O)CC(C)O. The first kappa shape index (κ1) is 14.4. The van der Waals surface area contributed by atoms with E-state index < -0.39 is 6.10 Å². The summed E-state index contributed by atoms with van der Waals surface area (Å²) in [5.74, 6) is 0.544. The van der Waals surface area contributed by atoms with E-state index in [2.05, 4.69) is 19.2 Å². The summed E-state index contributed by atoms with van der Waals surface area (Å²) < 4.78 is 0. The molecule has 2 unspecified atom stereocenters. The molecule has 0 bridgehead atoms. The zero-order valence-electron chi connectivity index (χ0n) is 10.3. The highest BCUT2D eigenvalue weighted by molar-refractivity contribution is 5.76. The van der Waals surface area contributed by atoms with Gasteiger partial charge < -0.3 is 10.4 Å². The van der Waals surface area contributed by atoms with Crippen molar-refractivity contribution < 1.29 is 9.90 Å². The highest BCUT2D eigenvalue weighted by Crippen LogP contribution is 2.11. The minimum Gasteiger partial charge on any atom is -0.393 e. The van der Waals surface area contributed by atoms with Gasteiger partial charge in [-0.1, -0.05) is 33.1 Å². The zero-order valence-corrected chi connectivity index (χ0v) is 10.3. The molecule has 0 aromatic heterocycles. The maximum atomic E-state index is 11.3. The lowest BCUT2D eigenvalue weighted by Crippen LogP contribution is -2.31. The third-order valence-electron chi connectivity index (χ3n) is 2.61. The number of amides is 1. The number of hydrogen-bond donors (Lipinski definition) is 2. The van der Waals surface area contributed by atoms with Crippen molar-refractivity contribution in [3.63, 3.8) is 0 Å². The highest BCUT2D eigenvalue weighted by Gasteiger charge is 2.09. The van der Waals surface area contributed by atoms with Crippen molar-refractivity contribution in [2.75, 3.05) is 6.54 Å². The third kappa shape index (κ3) is 8.43. The van der Waals surface area contributed by atoms with Crippen LogP contribution in [-0.2, 0) is 4.79 Å². The van der Waals surface area contributed by atoms with E-state index in [4.69, 9.17) is 5.11 Å². The topological polar surface area (TPSA) is 49.3 Å². The maximum Gasteiger partial charge on any atom is 0.222 e. The van der Waals surface area contributed by atoms with Crippen LogP contribution in [0.2, 0.25) is 0 Å². The van der Waals surface area contributed by atoms with E-state index in [1.807, 2.05) is 0 Å². The van der Waals surface area contributed by atoms with Crippen LogP contribution in [0.25, 0.3) is 0 Å². The first-order valence-corrected chi connectivity index (χ1v) is 6.04. The number of unbranched alkanes of at least 4 members (excludes halogenated alkanes) is 1. The molecule has 0 aliphatic carbocycles. The molecule has 0 aromatic carbocycles. The molecule has 0 aromatic rings. The molecule has 0 spiro atoms. The Labute approximate surface area is 93.3 Å². The summed E-state index contributed by atoms with van der Waals surface area (Å²) >= 11 is 0. The van der Waals surface area contributed by atoms with E-state index in [-0.39, 0.29) is 12.3 Å². The van der Waals surface area contributed by atoms with Crippen molar-refractivity contribution in [2.45, 2.75) is 59.0 Å². The largest absolute Gasteiger partial charge is 0.393 e. The summed E-state index contributed by atoms with van der Waals surface area (Å²) in [5.41, 5.74) is 0. The molecular weight excluding hydrogens is 190 g/mol. The standard InChI is InChI=1S/C12H25NO2/c1-4-6-7-11(5-2)9-13-12(15)8-10(3)14/h10-11,14H,4-9H2,1-3H3,(H,13,15). The number of carbonyl (C=O) groups is 1. The first-order valence-electron chi connectivity index (χ1n) is 6.04. The molecule has 15 heavy (non-hydrogen) atoms. The molecule has 0 rings (SSSR count). The predicted molar refractivity (Wildman–Crippen MR) is 62.6 cm³/mol. The Hall–Kier alpha value is -0.570. The van der Waals surface area contributed by atoms with Crippen LogP contribution in [-0.4, -0.2) is 23.7 Å². The summed E-state index contributed by atoms with van der Waals surface area (Å²) in [6.45, 7) is 6.72. The van der Waals surface area contributed by atoms with Gasteiger partial charge in [0.25, 0.3) is 0 Å². The molecule has 1 amide bonds. The number of carbonyl (C=O) groups excluding carboxylic acids is 1. The predicted octanol–water partition coefficient (Wildman–Crippen LogP) is 2.09. The summed E-state index contributed by atoms with van der Waals surface area (Å²) in [6.07, 6.45) is 4.39. The summed E-state index contributed by atoms with van der Waals surface area (Å²) in [4.78, 5) is 11.3. The van der Waals surface area contributed by atoms with E-state index in [1.165, 1.54) is 19.3 Å². The van der Waals surface area contributed by atoms with E-state index in [0.717, 1.165) is 13.0 Å². The average Bonchev–Trinajstić information content (AvgIpc) is 2.17. The van der Waals surface area contributed by atoms with Crippen LogP contribution in [0.5, 0.6) is 0 Å². The fourth-order valence-corrected chi connectivity index (χ4v) is 1.54. The van der Waals surface area contributed by atoms with Crippen LogP contribution in [0, 0.1) is 5.92 Å². The highest BCUT2D eigenvalue weighted by atomic mass is 16.3. The van der Waals surface area contributed by atoms with Crippen molar-refractivity contribution in [2.24, 2.45) is 5.92 Å². The summed E-state index contributed by atoms with van der Waals surface area (Å²) in [7, 11) is 0. The van der Waals surface area contributed by atoms with Crippen molar-refractivity contribution in [1.29, 1.82) is 0 Å². The molecule has 3 heteroatoms. The Balaban J connectivity index is 3.65. The number of rotatable bonds is 8. The minimum absolute atomic E-state index is 0.0417. The molecule has 0 radical (unpaired) electrons. The van der Waals surface area contributed by atoms with Gasteiger partial charge in [-0.25, -0.2) is 0 Å². The number of nitrogens with one attached hydrogen (secondary N) is 1. The van der Waals surface area contributed by atoms with Crippen molar-refractivity contribution >= 4 is 5.91 Å². The molecule has 2 atom stereocenters. The van der Waals surface area contributed by atoms with E-state index in [1.54, 1.807) is 6.92 Å². The van der Waals surface area contributed by atoms with Crippen LogP contribution in [0.15, 0.2) is 0 Å². The number of aliphatic hydroxyl groups is 1. The fourth-order valence-electron chi connectivity index (χ4n) is 1.54. The second-order valence-electron chi connectivity index (χ2n) is 4.27. The van der Waals surface area contributed by atoms with Gasteiger partial charge in [-0.3, -0.25) is 4.79 Å². The normalized spacial score (nSPS) is 14.7. The molecule has 2 N–H and O–H groups in total. The molecule has 0 saturated carbocycles. The first-order chi connectivity index (χ1) is 7.10. The second-order valence-corrected chi connectivity index (χ2v) is 4.27. The molecule has 0 saturated heterocycles. The molecule has 0 fully saturated rings. The van der Waals surface area contributed by atoms with Crippen molar-refractivity contribution in [3.8, 4) is 0 Å². The monoisotopic (exact) mass is 215 g/mol. The van der Waals surface area contributed by atoms with Crippen LogP contribution in [0.1, 0.15) is 52.9 Å². The lowest BCUT2D eigenvalue weighted by molar-refractivity contribution is -0.122. The minimum atomic E-state index is -0.541. The zero-order chi connectivity index (χ0) is 11.7.